The summed E-state index contributed by atoms with van der Waals surface area (Å²) in [6.07, 6.45) is 15.7. The molecule has 3 rings (SSSR count). The number of benzene rings is 2. The van der Waals surface area contributed by atoms with Crippen molar-refractivity contribution in [2.24, 2.45) is 5.41 Å². The number of nitrogens with zero attached hydrogens (tertiary/aromatic N) is 1. The van der Waals surface area contributed by atoms with Gasteiger partial charge in [0.25, 0.3) is 0 Å². The molecule has 0 unspecified atom stereocenters. The summed E-state index contributed by atoms with van der Waals surface area (Å²) in [7, 11) is 0. The van der Waals surface area contributed by atoms with Crippen LogP contribution in [0.2, 0.25) is 0 Å². The number of hydrogen-bond donors (Lipinski definition) is 0. The molecule has 1 aliphatic heterocycles. The molecular weight excluding hydrogens is 442 g/mol. The number of amides is 1. The van der Waals surface area contributed by atoms with Crippen LogP contribution in [0.15, 0.2) is 54.6 Å². The van der Waals surface area contributed by atoms with Crippen molar-refractivity contribution in [3.05, 3.63) is 60.2 Å². The highest BCUT2D eigenvalue weighted by Crippen LogP contribution is 2.25. The Kier molecular flexibility index (Phi) is 12.0. The van der Waals surface area contributed by atoms with Gasteiger partial charge in [-0.3, -0.25) is 4.79 Å². The third-order valence-corrected chi connectivity index (χ3v) is 7.43. The first-order valence-corrected chi connectivity index (χ1v) is 14.4. The van der Waals surface area contributed by atoms with Gasteiger partial charge in [0.05, 0.1) is 0 Å². The number of ether oxygens (including phenoxy) is 1. The molecule has 36 heavy (non-hydrogen) atoms. The molecule has 0 saturated carbocycles. The fraction of sp³-hybridized carbons (Fsp3) is 0.606. The molecule has 1 aliphatic rings. The molecule has 0 aromatic heterocycles. The van der Waals surface area contributed by atoms with E-state index in [-0.39, 0.29) is 11.9 Å². The van der Waals surface area contributed by atoms with Crippen molar-refractivity contribution in [3.8, 4) is 11.1 Å². The lowest BCUT2D eigenvalue weighted by Gasteiger charge is -2.25. The summed E-state index contributed by atoms with van der Waals surface area (Å²) in [5, 5.41) is 0. The quantitative estimate of drug-likeness (QED) is 0.220. The number of carbonyl (C=O) groups is 1. The van der Waals surface area contributed by atoms with Crippen LogP contribution in [0.3, 0.4) is 0 Å². The average Bonchev–Trinajstić information content (AvgIpc) is 3.21. The topological polar surface area (TPSA) is 29.5 Å². The molecule has 1 amide bonds. The maximum absolute atomic E-state index is 12.4. The minimum absolute atomic E-state index is 0.239. The smallest absolute Gasteiger partial charge is 0.224 e. The molecule has 0 bridgehead atoms. The van der Waals surface area contributed by atoms with Crippen LogP contribution in [0, 0.1) is 5.41 Å². The first kappa shape index (κ1) is 28.4. The molecule has 1 fully saturated rings. The fourth-order valence-corrected chi connectivity index (χ4v) is 5.18. The first-order valence-electron chi connectivity index (χ1n) is 14.4. The standard InChI is InChI=1S/C33H49NO2/c1-33(2,3)24-14-9-7-5-4-6-8-10-15-25-36-27-34-31(22-23-32(34)35)26-28-18-20-30(21-19-28)29-16-12-11-13-17-29/h11-13,16-21,31H,4-10,14-15,22-27H2,1-3H3/t31-/m0/s1. The highest BCUT2D eigenvalue weighted by Gasteiger charge is 2.30. The third-order valence-electron chi connectivity index (χ3n) is 7.43. The molecular formula is C33H49NO2. The van der Waals surface area contributed by atoms with E-state index in [9.17, 15) is 4.79 Å². The second kappa shape index (κ2) is 15.2. The molecule has 198 valence electrons. The molecule has 1 atom stereocenters. The van der Waals surface area contributed by atoms with E-state index in [2.05, 4.69) is 69.3 Å². The fourth-order valence-electron chi connectivity index (χ4n) is 5.18. The van der Waals surface area contributed by atoms with Gasteiger partial charge < -0.3 is 9.64 Å². The molecule has 0 radical (unpaired) electrons. The highest BCUT2D eigenvalue weighted by molar-refractivity contribution is 5.78. The Hall–Kier alpha value is -2.13. The molecule has 0 spiro atoms. The first-order chi connectivity index (χ1) is 17.4. The minimum Gasteiger partial charge on any atom is -0.361 e. The molecule has 0 aliphatic carbocycles. The molecule has 2 aromatic rings. The average molecular weight is 492 g/mol. The zero-order valence-electron chi connectivity index (χ0n) is 23.1. The van der Waals surface area contributed by atoms with Gasteiger partial charge in [-0.2, -0.15) is 0 Å². The zero-order chi connectivity index (χ0) is 25.6. The molecule has 0 N–H and O–H groups in total. The lowest BCUT2D eigenvalue weighted by Crippen LogP contribution is -2.36. The van der Waals surface area contributed by atoms with Crippen LogP contribution in [0.25, 0.3) is 11.1 Å². The van der Waals surface area contributed by atoms with Crippen LogP contribution in [-0.2, 0) is 16.0 Å². The Bertz CT molecular complexity index is 869. The number of hydrogen-bond acceptors (Lipinski definition) is 2. The molecule has 3 nitrogen and oxygen atoms in total. The van der Waals surface area contributed by atoms with Gasteiger partial charge in [0.1, 0.15) is 6.73 Å². The Morgan fingerprint density at radius 3 is 2.00 bits per heavy atom. The van der Waals surface area contributed by atoms with E-state index in [0.29, 0.717) is 18.6 Å². The molecule has 3 heteroatoms. The van der Waals surface area contributed by atoms with Gasteiger partial charge in [-0.1, -0.05) is 127 Å². The Morgan fingerprint density at radius 1 is 0.778 bits per heavy atom. The number of carbonyl (C=O) groups excluding carboxylic acids is 1. The maximum atomic E-state index is 12.4. The van der Waals surface area contributed by atoms with E-state index >= 15 is 0 Å². The predicted octanol–water partition coefficient (Wildman–Crippen LogP) is 8.81. The normalized spacial score (nSPS) is 16.1. The number of likely N-dealkylation sites (tertiary alicyclic amines) is 1. The van der Waals surface area contributed by atoms with Crippen molar-refractivity contribution < 1.29 is 9.53 Å². The monoisotopic (exact) mass is 491 g/mol. The van der Waals surface area contributed by atoms with Crippen LogP contribution in [0.4, 0.5) is 0 Å². The van der Waals surface area contributed by atoms with Crippen LogP contribution in [0.1, 0.15) is 103 Å². The zero-order valence-corrected chi connectivity index (χ0v) is 23.1. The SMILES string of the molecule is CC(C)(C)CCCCCCCCCCCOCN1C(=O)CC[C@H]1Cc1ccc(-c2ccccc2)cc1. The summed E-state index contributed by atoms with van der Waals surface area (Å²) in [4.78, 5) is 14.4. The van der Waals surface area contributed by atoms with Crippen molar-refractivity contribution in [2.75, 3.05) is 13.3 Å². The Balaban J connectivity index is 1.24. The van der Waals surface area contributed by atoms with E-state index in [1.165, 1.54) is 74.5 Å². The van der Waals surface area contributed by atoms with Gasteiger partial charge in [-0.05, 0) is 47.8 Å². The molecule has 1 heterocycles. The van der Waals surface area contributed by atoms with Crippen molar-refractivity contribution in [1.29, 1.82) is 0 Å². The number of rotatable bonds is 16. The Morgan fingerprint density at radius 2 is 1.36 bits per heavy atom. The predicted molar refractivity (Wildman–Crippen MR) is 152 cm³/mol. The van der Waals surface area contributed by atoms with E-state index in [1.54, 1.807) is 0 Å². The van der Waals surface area contributed by atoms with Gasteiger partial charge in [-0.15, -0.1) is 0 Å². The van der Waals surface area contributed by atoms with Crippen molar-refractivity contribution in [3.63, 3.8) is 0 Å². The van der Waals surface area contributed by atoms with Crippen LogP contribution < -0.4 is 0 Å². The highest BCUT2D eigenvalue weighted by atomic mass is 16.5. The minimum atomic E-state index is 0.239. The van der Waals surface area contributed by atoms with Crippen molar-refractivity contribution in [1.82, 2.24) is 4.90 Å². The van der Waals surface area contributed by atoms with Gasteiger partial charge in [0.2, 0.25) is 5.91 Å². The summed E-state index contributed by atoms with van der Waals surface area (Å²) in [5.41, 5.74) is 4.24. The van der Waals surface area contributed by atoms with E-state index < -0.39 is 0 Å². The summed E-state index contributed by atoms with van der Waals surface area (Å²) in [5.74, 6) is 0.239. The second-order valence-corrected chi connectivity index (χ2v) is 11.9. The number of unbranched alkanes of at least 4 members (excludes halogenated alkanes) is 8. The van der Waals surface area contributed by atoms with Gasteiger partial charge in [-0.25, -0.2) is 0 Å². The van der Waals surface area contributed by atoms with Crippen molar-refractivity contribution in [2.45, 2.75) is 110 Å². The van der Waals surface area contributed by atoms with Crippen LogP contribution in [-0.4, -0.2) is 30.2 Å². The lowest BCUT2D eigenvalue weighted by molar-refractivity contribution is -0.134. The third kappa shape index (κ3) is 10.5. The van der Waals surface area contributed by atoms with Crippen molar-refractivity contribution >= 4 is 5.91 Å². The summed E-state index contributed by atoms with van der Waals surface area (Å²) in [6.45, 7) is 8.22. The largest absolute Gasteiger partial charge is 0.361 e. The van der Waals surface area contributed by atoms with Gasteiger partial charge in [0, 0.05) is 19.1 Å². The molecule has 1 saturated heterocycles. The van der Waals surface area contributed by atoms with Crippen LogP contribution in [0.5, 0.6) is 0 Å². The van der Waals surface area contributed by atoms with E-state index in [1.807, 2.05) is 11.0 Å². The second-order valence-electron chi connectivity index (χ2n) is 11.9. The van der Waals surface area contributed by atoms with Crippen LogP contribution >= 0.6 is 0 Å². The van der Waals surface area contributed by atoms with E-state index in [4.69, 9.17) is 4.74 Å². The molecule has 2 aromatic carbocycles. The van der Waals surface area contributed by atoms with E-state index in [0.717, 1.165) is 25.9 Å². The summed E-state index contributed by atoms with van der Waals surface area (Å²) in [6, 6.07) is 19.5. The summed E-state index contributed by atoms with van der Waals surface area (Å²) >= 11 is 0. The lowest BCUT2D eigenvalue weighted by atomic mass is 9.89. The van der Waals surface area contributed by atoms with Gasteiger partial charge >= 0.3 is 0 Å². The summed E-state index contributed by atoms with van der Waals surface area (Å²) < 4.78 is 5.94. The maximum Gasteiger partial charge on any atom is 0.224 e. The Labute approximate surface area is 220 Å². The van der Waals surface area contributed by atoms with Gasteiger partial charge in [0.15, 0.2) is 0 Å².